The number of carbonyl (C=O) groups excluding carboxylic acids is 2. The quantitative estimate of drug-likeness (QED) is 0.633. The number of amides is 1. The van der Waals surface area contributed by atoms with Gasteiger partial charge in [0.2, 0.25) is 0 Å². The number of esters is 1. The van der Waals surface area contributed by atoms with E-state index >= 15 is 0 Å². The smallest absolute Gasteiger partial charge is 0.305 e. The highest BCUT2D eigenvalue weighted by molar-refractivity contribution is 9.11. The molecule has 0 fully saturated rings. The fourth-order valence-corrected chi connectivity index (χ4v) is 2.53. The van der Waals surface area contributed by atoms with Gasteiger partial charge in [0, 0.05) is 21.9 Å². The third kappa shape index (κ3) is 4.78. The molecular weight excluding hydrogens is 366 g/mol. The number of methoxy groups -OCH3 is 1. The van der Waals surface area contributed by atoms with Crippen LogP contribution in [0.15, 0.2) is 27.1 Å². The Morgan fingerprint density at radius 2 is 2.06 bits per heavy atom. The van der Waals surface area contributed by atoms with Crippen molar-refractivity contribution in [3.8, 4) is 0 Å². The van der Waals surface area contributed by atoms with Crippen molar-refractivity contribution in [3.05, 3.63) is 32.7 Å². The van der Waals surface area contributed by atoms with Crippen molar-refractivity contribution < 1.29 is 14.3 Å². The number of benzene rings is 1. The molecule has 0 saturated heterocycles. The van der Waals surface area contributed by atoms with Gasteiger partial charge >= 0.3 is 5.97 Å². The molecular formula is C12H13Br2NO3. The first-order valence-corrected chi connectivity index (χ1v) is 6.93. The van der Waals surface area contributed by atoms with Crippen LogP contribution in [0.5, 0.6) is 0 Å². The van der Waals surface area contributed by atoms with Crippen LogP contribution < -0.4 is 5.32 Å². The second-order valence-corrected chi connectivity index (χ2v) is 5.33. The summed E-state index contributed by atoms with van der Waals surface area (Å²) in [5.74, 6) is -0.437. The monoisotopic (exact) mass is 377 g/mol. The molecule has 1 rings (SSSR count). The van der Waals surface area contributed by atoms with Crippen molar-refractivity contribution in [2.75, 3.05) is 13.7 Å². The number of hydrogen-bond acceptors (Lipinski definition) is 3. The average molecular weight is 379 g/mol. The minimum absolute atomic E-state index is 0.167. The Hall–Kier alpha value is -0.880. The van der Waals surface area contributed by atoms with Gasteiger partial charge in [-0.3, -0.25) is 9.59 Å². The van der Waals surface area contributed by atoms with E-state index in [1.54, 1.807) is 12.1 Å². The molecule has 98 valence electrons. The third-order valence-electron chi connectivity index (χ3n) is 2.25. The van der Waals surface area contributed by atoms with Crippen LogP contribution in [0, 0.1) is 0 Å². The maximum atomic E-state index is 11.8. The fraction of sp³-hybridized carbons (Fsp3) is 0.333. The van der Waals surface area contributed by atoms with E-state index in [-0.39, 0.29) is 11.9 Å². The molecule has 0 aliphatic rings. The summed E-state index contributed by atoms with van der Waals surface area (Å²) in [7, 11) is 1.35. The zero-order valence-electron chi connectivity index (χ0n) is 9.83. The number of carbonyl (C=O) groups is 2. The first-order chi connectivity index (χ1) is 8.54. The fourth-order valence-electron chi connectivity index (χ4n) is 1.31. The Balaban J connectivity index is 2.43. The molecule has 0 aromatic heterocycles. The lowest BCUT2D eigenvalue weighted by Gasteiger charge is -2.06. The molecule has 0 saturated carbocycles. The van der Waals surface area contributed by atoms with Gasteiger partial charge in [0.05, 0.1) is 12.7 Å². The van der Waals surface area contributed by atoms with E-state index < -0.39 is 0 Å². The van der Waals surface area contributed by atoms with Crippen LogP contribution in [0.1, 0.15) is 23.2 Å². The first-order valence-electron chi connectivity index (χ1n) is 5.34. The highest BCUT2D eigenvalue weighted by Gasteiger charge is 2.09. The summed E-state index contributed by atoms with van der Waals surface area (Å²) in [6.07, 6.45) is 0.866. The predicted octanol–water partition coefficient (Wildman–Crippen LogP) is 2.89. The Morgan fingerprint density at radius 1 is 1.33 bits per heavy atom. The summed E-state index contributed by atoms with van der Waals surface area (Å²) in [5, 5.41) is 2.75. The zero-order chi connectivity index (χ0) is 13.5. The Kier molecular flexibility index (Phi) is 6.35. The molecule has 0 spiro atoms. The van der Waals surface area contributed by atoms with Crippen LogP contribution in [-0.4, -0.2) is 25.5 Å². The van der Waals surface area contributed by atoms with Crippen molar-refractivity contribution in [2.45, 2.75) is 12.8 Å². The topological polar surface area (TPSA) is 55.4 Å². The average Bonchev–Trinajstić information content (AvgIpc) is 2.34. The van der Waals surface area contributed by atoms with Crippen molar-refractivity contribution in [3.63, 3.8) is 0 Å². The van der Waals surface area contributed by atoms with Gasteiger partial charge in [0.1, 0.15) is 0 Å². The minimum Gasteiger partial charge on any atom is -0.469 e. The van der Waals surface area contributed by atoms with E-state index in [2.05, 4.69) is 41.9 Å². The van der Waals surface area contributed by atoms with Gasteiger partial charge in [0.15, 0.2) is 0 Å². The van der Waals surface area contributed by atoms with Crippen LogP contribution >= 0.6 is 31.9 Å². The first kappa shape index (κ1) is 15.2. The normalized spacial score (nSPS) is 9.94. The molecule has 1 N–H and O–H groups in total. The number of rotatable bonds is 5. The Morgan fingerprint density at radius 3 is 2.67 bits per heavy atom. The molecule has 0 radical (unpaired) electrons. The van der Waals surface area contributed by atoms with Gasteiger partial charge in [-0.05, 0) is 40.5 Å². The molecule has 18 heavy (non-hydrogen) atoms. The lowest BCUT2D eigenvalue weighted by Crippen LogP contribution is -2.25. The summed E-state index contributed by atoms with van der Waals surface area (Å²) in [5.41, 5.74) is 0.566. The molecule has 4 nitrogen and oxygen atoms in total. The molecule has 1 aromatic carbocycles. The second kappa shape index (κ2) is 7.53. The van der Waals surface area contributed by atoms with Crippen LogP contribution in [0.3, 0.4) is 0 Å². The molecule has 0 aliphatic heterocycles. The van der Waals surface area contributed by atoms with Crippen LogP contribution in [0.25, 0.3) is 0 Å². The van der Waals surface area contributed by atoms with Crippen LogP contribution in [0.4, 0.5) is 0 Å². The number of hydrogen-bond donors (Lipinski definition) is 1. The highest BCUT2D eigenvalue weighted by atomic mass is 79.9. The summed E-state index contributed by atoms with van der Waals surface area (Å²) in [6, 6.07) is 5.33. The predicted molar refractivity (Wildman–Crippen MR) is 75.4 cm³/mol. The maximum absolute atomic E-state index is 11.8. The minimum atomic E-state index is -0.269. The van der Waals surface area contributed by atoms with Gasteiger partial charge in [-0.25, -0.2) is 0 Å². The van der Waals surface area contributed by atoms with E-state index in [9.17, 15) is 9.59 Å². The van der Waals surface area contributed by atoms with Gasteiger partial charge in [-0.2, -0.15) is 0 Å². The van der Waals surface area contributed by atoms with E-state index in [0.717, 1.165) is 8.95 Å². The SMILES string of the molecule is COC(=O)CCCNC(=O)c1ccc(Br)cc1Br. The molecule has 0 aliphatic carbocycles. The van der Waals surface area contributed by atoms with Crippen molar-refractivity contribution in [2.24, 2.45) is 0 Å². The van der Waals surface area contributed by atoms with E-state index in [4.69, 9.17) is 0 Å². The lowest BCUT2D eigenvalue weighted by atomic mass is 10.2. The molecule has 1 aromatic rings. The summed E-state index contributed by atoms with van der Waals surface area (Å²) in [6.45, 7) is 0.441. The van der Waals surface area contributed by atoms with Gasteiger partial charge in [-0.15, -0.1) is 0 Å². The molecule has 0 atom stereocenters. The largest absolute Gasteiger partial charge is 0.469 e. The molecule has 1 amide bonds. The molecule has 0 heterocycles. The third-order valence-corrected chi connectivity index (χ3v) is 3.40. The number of halogens is 2. The summed E-state index contributed by atoms with van der Waals surface area (Å²) < 4.78 is 6.13. The van der Waals surface area contributed by atoms with Crippen molar-refractivity contribution in [1.82, 2.24) is 5.32 Å². The zero-order valence-corrected chi connectivity index (χ0v) is 13.0. The lowest BCUT2D eigenvalue weighted by molar-refractivity contribution is -0.140. The number of nitrogens with one attached hydrogen (secondary N) is 1. The van der Waals surface area contributed by atoms with Gasteiger partial charge in [0.25, 0.3) is 5.91 Å². The van der Waals surface area contributed by atoms with E-state index in [1.165, 1.54) is 7.11 Å². The Labute approximate surface area is 122 Å². The molecule has 0 unspecified atom stereocenters. The van der Waals surface area contributed by atoms with E-state index in [1.807, 2.05) is 6.07 Å². The van der Waals surface area contributed by atoms with Gasteiger partial charge < -0.3 is 10.1 Å². The highest BCUT2D eigenvalue weighted by Crippen LogP contribution is 2.21. The van der Waals surface area contributed by atoms with E-state index in [0.29, 0.717) is 24.9 Å². The maximum Gasteiger partial charge on any atom is 0.305 e. The standard InChI is InChI=1S/C12H13Br2NO3/c1-18-11(16)3-2-6-15-12(17)9-5-4-8(13)7-10(9)14/h4-5,7H,2-3,6H2,1H3,(H,15,17). The van der Waals surface area contributed by atoms with Crippen molar-refractivity contribution >= 4 is 43.7 Å². The van der Waals surface area contributed by atoms with Crippen LogP contribution in [0.2, 0.25) is 0 Å². The Bertz CT molecular complexity index is 449. The second-order valence-electron chi connectivity index (χ2n) is 3.56. The summed E-state index contributed by atoms with van der Waals surface area (Å²) in [4.78, 5) is 22.7. The van der Waals surface area contributed by atoms with Gasteiger partial charge in [-0.1, -0.05) is 15.9 Å². The molecule has 0 bridgehead atoms. The number of ether oxygens (including phenoxy) is 1. The van der Waals surface area contributed by atoms with Crippen LogP contribution in [-0.2, 0) is 9.53 Å². The summed E-state index contributed by atoms with van der Waals surface area (Å²) >= 11 is 6.65. The molecule has 6 heteroatoms. The van der Waals surface area contributed by atoms with Crippen molar-refractivity contribution in [1.29, 1.82) is 0 Å².